The molecular weight excluding hydrogens is 184 g/mol. The zero-order valence-corrected chi connectivity index (χ0v) is 10.5. The van der Waals surface area contributed by atoms with Crippen molar-refractivity contribution in [2.24, 2.45) is 17.1 Å². The SMILES string of the molecule is CC1CN(C2CCC(C)(C)CC2)CC1N. The first-order valence-electron chi connectivity index (χ1n) is 6.47. The predicted octanol–water partition coefficient (Wildman–Crippen LogP) is 2.23. The molecule has 15 heavy (non-hydrogen) atoms. The highest BCUT2D eigenvalue weighted by atomic mass is 15.2. The van der Waals surface area contributed by atoms with E-state index in [1.807, 2.05) is 0 Å². The summed E-state index contributed by atoms with van der Waals surface area (Å²) < 4.78 is 0. The number of nitrogens with two attached hydrogens (primary N) is 1. The topological polar surface area (TPSA) is 29.3 Å². The van der Waals surface area contributed by atoms with Gasteiger partial charge < -0.3 is 5.73 Å². The van der Waals surface area contributed by atoms with Crippen LogP contribution in [0.5, 0.6) is 0 Å². The molecule has 2 fully saturated rings. The highest BCUT2D eigenvalue weighted by molar-refractivity contribution is 4.91. The first kappa shape index (κ1) is 11.4. The Morgan fingerprint density at radius 1 is 1.13 bits per heavy atom. The lowest BCUT2D eigenvalue weighted by molar-refractivity contribution is 0.123. The Morgan fingerprint density at radius 2 is 1.73 bits per heavy atom. The van der Waals surface area contributed by atoms with Gasteiger partial charge in [0, 0.05) is 25.2 Å². The first-order chi connectivity index (χ1) is 6.98. The van der Waals surface area contributed by atoms with Crippen LogP contribution in [0, 0.1) is 11.3 Å². The average molecular weight is 210 g/mol. The molecule has 1 aliphatic heterocycles. The lowest BCUT2D eigenvalue weighted by atomic mass is 9.75. The van der Waals surface area contributed by atoms with E-state index in [4.69, 9.17) is 5.73 Å². The van der Waals surface area contributed by atoms with Crippen molar-refractivity contribution in [1.29, 1.82) is 0 Å². The van der Waals surface area contributed by atoms with E-state index in [0.29, 0.717) is 17.4 Å². The normalized spacial score (nSPS) is 38.4. The lowest BCUT2D eigenvalue weighted by Crippen LogP contribution is -2.39. The highest BCUT2D eigenvalue weighted by Crippen LogP contribution is 2.37. The van der Waals surface area contributed by atoms with Crippen molar-refractivity contribution in [1.82, 2.24) is 4.90 Å². The van der Waals surface area contributed by atoms with Gasteiger partial charge in [0.15, 0.2) is 0 Å². The van der Waals surface area contributed by atoms with Gasteiger partial charge in [-0.15, -0.1) is 0 Å². The third-order valence-corrected chi connectivity index (χ3v) is 4.52. The summed E-state index contributed by atoms with van der Waals surface area (Å²) in [7, 11) is 0. The highest BCUT2D eigenvalue weighted by Gasteiger charge is 2.35. The van der Waals surface area contributed by atoms with Gasteiger partial charge in [-0.25, -0.2) is 0 Å². The molecule has 0 aromatic rings. The maximum atomic E-state index is 6.09. The van der Waals surface area contributed by atoms with E-state index in [1.54, 1.807) is 0 Å². The number of nitrogens with zero attached hydrogens (tertiary/aromatic N) is 1. The van der Waals surface area contributed by atoms with Gasteiger partial charge in [-0.05, 0) is 37.0 Å². The largest absolute Gasteiger partial charge is 0.326 e. The van der Waals surface area contributed by atoms with E-state index in [9.17, 15) is 0 Å². The van der Waals surface area contributed by atoms with Crippen molar-refractivity contribution >= 4 is 0 Å². The minimum Gasteiger partial charge on any atom is -0.326 e. The van der Waals surface area contributed by atoms with Gasteiger partial charge in [0.1, 0.15) is 0 Å². The molecule has 0 aromatic carbocycles. The van der Waals surface area contributed by atoms with Gasteiger partial charge in [-0.1, -0.05) is 20.8 Å². The lowest BCUT2D eigenvalue weighted by Gasteiger charge is -2.38. The summed E-state index contributed by atoms with van der Waals surface area (Å²) in [5.74, 6) is 0.694. The van der Waals surface area contributed by atoms with E-state index in [0.717, 1.165) is 12.6 Å². The van der Waals surface area contributed by atoms with Gasteiger partial charge in [-0.3, -0.25) is 4.90 Å². The van der Waals surface area contributed by atoms with Crippen LogP contribution in [0.15, 0.2) is 0 Å². The molecule has 2 N–H and O–H groups in total. The van der Waals surface area contributed by atoms with Crippen molar-refractivity contribution in [3.63, 3.8) is 0 Å². The molecule has 0 amide bonds. The third-order valence-electron chi connectivity index (χ3n) is 4.52. The third kappa shape index (κ3) is 2.54. The Kier molecular flexibility index (Phi) is 3.09. The van der Waals surface area contributed by atoms with Crippen LogP contribution in [0.3, 0.4) is 0 Å². The Balaban J connectivity index is 1.86. The predicted molar refractivity (Wildman–Crippen MR) is 64.7 cm³/mol. The number of rotatable bonds is 1. The van der Waals surface area contributed by atoms with Crippen LogP contribution in [0.1, 0.15) is 46.5 Å². The smallest absolute Gasteiger partial charge is 0.0206 e. The van der Waals surface area contributed by atoms with Gasteiger partial charge >= 0.3 is 0 Å². The van der Waals surface area contributed by atoms with E-state index < -0.39 is 0 Å². The molecule has 88 valence electrons. The minimum absolute atomic E-state index is 0.417. The molecule has 2 atom stereocenters. The summed E-state index contributed by atoms with van der Waals surface area (Å²) >= 11 is 0. The van der Waals surface area contributed by atoms with Crippen LogP contribution in [-0.4, -0.2) is 30.1 Å². The Morgan fingerprint density at radius 3 is 2.20 bits per heavy atom. The average Bonchev–Trinajstić information content (AvgIpc) is 2.47. The van der Waals surface area contributed by atoms with Crippen molar-refractivity contribution < 1.29 is 0 Å². The van der Waals surface area contributed by atoms with E-state index in [-0.39, 0.29) is 0 Å². The number of hydrogen-bond acceptors (Lipinski definition) is 2. The molecule has 0 radical (unpaired) electrons. The molecule has 0 spiro atoms. The Labute approximate surface area is 94.2 Å². The molecule has 2 nitrogen and oxygen atoms in total. The molecule has 2 rings (SSSR count). The van der Waals surface area contributed by atoms with Crippen LogP contribution < -0.4 is 5.73 Å². The summed E-state index contributed by atoms with van der Waals surface area (Å²) in [6.07, 6.45) is 5.54. The maximum Gasteiger partial charge on any atom is 0.0206 e. The molecule has 1 heterocycles. The minimum atomic E-state index is 0.417. The first-order valence-corrected chi connectivity index (χ1v) is 6.47. The zero-order chi connectivity index (χ0) is 11.1. The van der Waals surface area contributed by atoms with Crippen LogP contribution in [0.25, 0.3) is 0 Å². The summed E-state index contributed by atoms with van der Waals surface area (Å²) in [6, 6.07) is 1.24. The van der Waals surface area contributed by atoms with Gasteiger partial charge in [0.25, 0.3) is 0 Å². The van der Waals surface area contributed by atoms with Crippen LogP contribution in [0.4, 0.5) is 0 Å². The molecule has 1 saturated carbocycles. The fraction of sp³-hybridized carbons (Fsp3) is 1.00. The van der Waals surface area contributed by atoms with Crippen molar-refractivity contribution in [3.8, 4) is 0 Å². The van der Waals surface area contributed by atoms with E-state index in [2.05, 4.69) is 25.7 Å². The summed E-state index contributed by atoms with van der Waals surface area (Å²) in [5, 5.41) is 0. The number of likely N-dealkylation sites (tertiary alicyclic amines) is 1. The van der Waals surface area contributed by atoms with E-state index >= 15 is 0 Å². The second-order valence-corrected chi connectivity index (χ2v) is 6.49. The molecular formula is C13H26N2. The molecule has 1 saturated heterocycles. The molecule has 1 aliphatic carbocycles. The second kappa shape index (κ2) is 4.06. The van der Waals surface area contributed by atoms with Crippen LogP contribution in [-0.2, 0) is 0 Å². The van der Waals surface area contributed by atoms with Gasteiger partial charge in [0.2, 0.25) is 0 Å². The molecule has 0 aromatic heterocycles. The fourth-order valence-corrected chi connectivity index (χ4v) is 3.08. The van der Waals surface area contributed by atoms with Gasteiger partial charge in [-0.2, -0.15) is 0 Å². The van der Waals surface area contributed by atoms with E-state index in [1.165, 1.54) is 32.2 Å². The zero-order valence-electron chi connectivity index (χ0n) is 10.5. The fourth-order valence-electron chi connectivity index (χ4n) is 3.08. The second-order valence-electron chi connectivity index (χ2n) is 6.49. The number of hydrogen-bond donors (Lipinski definition) is 1. The Bertz CT molecular complexity index is 205. The molecule has 0 bridgehead atoms. The van der Waals surface area contributed by atoms with Crippen molar-refractivity contribution in [3.05, 3.63) is 0 Å². The Hall–Kier alpha value is -0.0800. The molecule has 2 aliphatic rings. The quantitative estimate of drug-likeness (QED) is 0.719. The van der Waals surface area contributed by atoms with Crippen molar-refractivity contribution in [2.75, 3.05) is 13.1 Å². The monoisotopic (exact) mass is 210 g/mol. The summed E-state index contributed by atoms with van der Waals surface area (Å²) in [5.41, 5.74) is 6.67. The maximum absolute atomic E-state index is 6.09. The van der Waals surface area contributed by atoms with Crippen LogP contribution >= 0.6 is 0 Å². The van der Waals surface area contributed by atoms with Crippen molar-refractivity contribution in [2.45, 2.75) is 58.5 Å². The molecule has 2 unspecified atom stereocenters. The standard InChI is InChI=1S/C13H26N2/c1-10-8-15(9-12(10)14)11-4-6-13(2,3)7-5-11/h10-12H,4-9,14H2,1-3H3. The molecule has 2 heteroatoms. The van der Waals surface area contributed by atoms with Crippen LogP contribution in [0.2, 0.25) is 0 Å². The summed E-state index contributed by atoms with van der Waals surface area (Å²) in [4.78, 5) is 2.64. The summed E-state index contributed by atoms with van der Waals surface area (Å²) in [6.45, 7) is 9.46. The van der Waals surface area contributed by atoms with Gasteiger partial charge in [0.05, 0.1) is 0 Å².